The van der Waals surface area contributed by atoms with Crippen LogP contribution in [-0.2, 0) is 4.79 Å². The molecule has 0 aromatic rings. The largest absolute Gasteiger partial charge is 0.342 e. The number of carbonyl (C=O) groups excluding carboxylic acids is 1. The summed E-state index contributed by atoms with van der Waals surface area (Å²) in [6.45, 7) is 8.35. The number of hydrogen-bond donors (Lipinski definition) is 1. The van der Waals surface area contributed by atoms with Gasteiger partial charge in [-0.25, -0.2) is 0 Å². The van der Waals surface area contributed by atoms with E-state index in [2.05, 4.69) is 19.2 Å². The van der Waals surface area contributed by atoms with Gasteiger partial charge in [-0.05, 0) is 37.6 Å². The van der Waals surface area contributed by atoms with Gasteiger partial charge in [-0.1, -0.05) is 13.8 Å². The summed E-state index contributed by atoms with van der Waals surface area (Å²) in [6, 6.07) is 0. The Bertz CT molecular complexity index is 201. The van der Waals surface area contributed by atoms with E-state index in [0.717, 1.165) is 50.7 Å². The van der Waals surface area contributed by atoms with Gasteiger partial charge >= 0.3 is 0 Å². The lowest BCUT2D eigenvalue weighted by atomic mass is 10.1. The normalized spacial score (nSPS) is 15.9. The van der Waals surface area contributed by atoms with Crippen molar-refractivity contribution in [1.29, 1.82) is 0 Å². The fraction of sp³-hybridized carbons (Fsp3) is 0.917. The van der Waals surface area contributed by atoms with Crippen LogP contribution in [0.1, 0.15) is 26.7 Å². The van der Waals surface area contributed by atoms with Crippen molar-refractivity contribution >= 4 is 17.7 Å². The van der Waals surface area contributed by atoms with Gasteiger partial charge in [0.25, 0.3) is 0 Å². The van der Waals surface area contributed by atoms with E-state index < -0.39 is 0 Å². The molecule has 0 aliphatic carbocycles. The smallest absolute Gasteiger partial charge is 0.232 e. The Morgan fingerprint density at radius 1 is 1.31 bits per heavy atom. The van der Waals surface area contributed by atoms with Crippen molar-refractivity contribution in [3.8, 4) is 0 Å². The molecule has 0 spiro atoms. The van der Waals surface area contributed by atoms with E-state index in [-0.39, 0.29) is 0 Å². The molecule has 1 saturated heterocycles. The average Bonchev–Trinajstić information content (AvgIpc) is 2.21. The Hall–Kier alpha value is -0.220. The van der Waals surface area contributed by atoms with E-state index in [0.29, 0.717) is 11.7 Å². The Labute approximate surface area is 103 Å². The standard InChI is InChI=1S/C12H24N2OS/c1-3-5-14(6-4-2)12(15)10-16-9-11-7-13-8-11/h11,13H,3-10H2,1-2H3. The minimum absolute atomic E-state index is 0.320. The summed E-state index contributed by atoms with van der Waals surface area (Å²) in [7, 11) is 0. The minimum Gasteiger partial charge on any atom is -0.342 e. The van der Waals surface area contributed by atoms with Crippen LogP contribution in [-0.4, -0.2) is 48.5 Å². The number of nitrogens with one attached hydrogen (secondary N) is 1. The lowest BCUT2D eigenvalue weighted by Gasteiger charge is -2.27. The molecular formula is C12H24N2OS. The topological polar surface area (TPSA) is 32.3 Å². The maximum Gasteiger partial charge on any atom is 0.232 e. The fourth-order valence-electron chi connectivity index (χ4n) is 1.77. The molecule has 16 heavy (non-hydrogen) atoms. The van der Waals surface area contributed by atoms with Crippen LogP contribution >= 0.6 is 11.8 Å². The lowest BCUT2D eigenvalue weighted by molar-refractivity contribution is -0.128. The van der Waals surface area contributed by atoms with Gasteiger partial charge in [-0.2, -0.15) is 11.8 Å². The zero-order valence-corrected chi connectivity index (χ0v) is 11.3. The van der Waals surface area contributed by atoms with Gasteiger partial charge in [0, 0.05) is 13.1 Å². The third-order valence-electron chi connectivity index (χ3n) is 2.78. The summed E-state index contributed by atoms with van der Waals surface area (Å²) < 4.78 is 0. The Morgan fingerprint density at radius 2 is 1.94 bits per heavy atom. The number of rotatable bonds is 8. The molecule has 1 heterocycles. The first-order valence-electron chi connectivity index (χ1n) is 6.34. The van der Waals surface area contributed by atoms with E-state index in [4.69, 9.17) is 0 Å². The fourth-order valence-corrected chi connectivity index (χ4v) is 2.82. The number of amides is 1. The van der Waals surface area contributed by atoms with E-state index in [1.165, 1.54) is 0 Å². The third-order valence-corrected chi connectivity index (χ3v) is 3.94. The zero-order chi connectivity index (χ0) is 11.8. The van der Waals surface area contributed by atoms with Gasteiger partial charge in [0.1, 0.15) is 0 Å². The first-order valence-corrected chi connectivity index (χ1v) is 7.49. The molecule has 1 aliphatic rings. The average molecular weight is 244 g/mol. The van der Waals surface area contributed by atoms with Crippen molar-refractivity contribution < 1.29 is 4.79 Å². The maximum absolute atomic E-state index is 11.9. The molecule has 1 aliphatic heterocycles. The summed E-state index contributed by atoms with van der Waals surface area (Å²) in [5, 5.41) is 3.25. The number of hydrogen-bond acceptors (Lipinski definition) is 3. The molecule has 0 aromatic carbocycles. The highest BCUT2D eigenvalue weighted by molar-refractivity contribution is 7.99. The quantitative estimate of drug-likeness (QED) is 0.704. The number of carbonyl (C=O) groups is 1. The van der Waals surface area contributed by atoms with E-state index in [1.54, 1.807) is 11.8 Å². The Balaban J connectivity index is 2.13. The van der Waals surface area contributed by atoms with Gasteiger partial charge in [0.15, 0.2) is 0 Å². The highest BCUT2D eigenvalue weighted by atomic mass is 32.2. The highest BCUT2D eigenvalue weighted by Crippen LogP contribution is 2.13. The molecular weight excluding hydrogens is 220 g/mol. The van der Waals surface area contributed by atoms with Crippen LogP contribution in [0.15, 0.2) is 0 Å². The molecule has 4 heteroatoms. The van der Waals surface area contributed by atoms with Crippen molar-refractivity contribution in [3.63, 3.8) is 0 Å². The van der Waals surface area contributed by atoms with Crippen LogP contribution in [0.5, 0.6) is 0 Å². The van der Waals surface area contributed by atoms with Crippen LogP contribution in [0.3, 0.4) is 0 Å². The van der Waals surface area contributed by atoms with Crippen LogP contribution in [0.2, 0.25) is 0 Å². The summed E-state index contributed by atoms with van der Waals surface area (Å²) in [6.07, 6.45) is 2.12. The lowest BCUT2D eigenvalue weighted by Crippen LogP contribution is -2.43. The molecule has 3 nitrogen and oxygen atoms in total. The van der Waals surface area contributed by atoms with Gasteiger partial charge in [-0.15, -0.1) is 0 Å². The highest BCUT2D eigenvalue weighted by Gasteiger charge is 2.18. The molecule has 0 radical (unpaired) electrons. The molecule has 0 saturated carbocycles. The van der Waals surface area contributed by atoms with Crippen LogP contribution in [0, 0.1) is 5.92 Å². The Kier molecular flexibility index (Phi) is 6.88. The molecule has 1 N–H and O–H groups in total. The maximum atomic E-state index is 11.9. The molecule has 0 unspecified atom stereocenters. The SMILES string of the molecule is CCCN(CCC)C(=O)CSCC1CNC1. The summed E-state index contributed by atoms with van der Waals surface area (Å²) in [4.78, 5) is 13.9. The summed E-state index contributed by atoms with van der Waals surface area (Å²) in [5.74, 6) is 2.91. The van der Waals surface area contributed by atoms with E-state index >= 15 is 0 Å². The monoisotopic (exact) mass is 244 g/mol. The van der Waals surface area contributed by atoms with Gasteiger partial charge < -0.3 is 10.2 Å². The van der Waals surface area contributed by atoms with Crippen molar-refractivity contribution in [2.45, 2.75) is 26.7 Å². The first kappa shape index (κ1) is 13.8. The van der Waals surface area contributed by atoms with Crippen molar-refractivity contribution in [3.05, 3.63) is 0 Å². The molecule has 1 rings (SSSR count). The molecule has 1 fully saturated rings. The Morgan fingerprint density at radius 3 is 2.38 bits per heavy atom. The van der Waals surface area contributed by atoms with Crippen LogP contribution < -0.4 is 5.32 Å². The van der Waals surface area contributed by atoms with Crippen molar-refractivity contribution in [1.82, 2.24) is 10.2 Å². The summed E-state index contributed by atoms with van der Waals surface area (Å²) >= 11 is 1.79. The number of nitrogens with zero attached hydrogens (tertiary/aromatic N) is 1. The molecule has 1 amide bonds. The van der Waals surface area contributed by atoms with Gasteiger partial charge in [0.05, 0.1) is 5.75 Å². The van der Waals surface area contributed by atoms with E-state index in [1.807, 2.05) is 4.90 Å². The second-order valence-electron chi connectivity index (χ2n) is 4.42. The summed E-state index contributed by atoms with van der Waals surface area (Å²) in [5.41, 5.74) is 0. The van der Waals surface area contributed by atoms with Crippen molar-refractivity contribution in [2.75, 3.05) is 37.7 Å². The molecule has 0 atom stereocenters. The predicted molar refractivity (Wildman–Crippen MR) is 70.8 cm³/mol. The predicted octanol–water partition coefficient (Wildman–Crippen LogP) is 1.59. The second-order valence-corrected chi connectivity index (χ2v) is 5.45. The van der Waals surface area contributed by atoms with Gasteiger partial charge in [0.2, 0.25) is 5.91 Å². The molecule has 0 aromatic heterocycles. The first-order chi connectivity index (χ1) is 7.77. The van der Waals surface area contributed by atoms with Crippen LogP contribution in [0.4, 0.5) is 0 Å². The number of thioether (sulfide) groups is 1. The minimum atomic E-state index is 0.320. The molecule has 94 valence electrons. The zero-order valence-electron chi connectivity index (χ0n) is 10.5. The van der Waals surface area contributed by atoms with E-state index in [9.17, 15) is 4.79 Å². The second kappa shape index (κ2) is 7.96. The van der Waals surface area contributed by atoms with Crippen LogP contribution in [0.25, 0.3) is 0 Å². The third kappa shape index (κ3) is 4.74. The van der Waals surface area contributed by atoms with Crippen molar-refractivity contribution in [2.24, 2.45) is 5.92 Å². The van der Waals surface area contributed by atoms with Gasteiger partial charge in [-0.3, -0.25) is 4.79 Å². The molecule has 0 bridgehead atoms.